The lowest BCUT2D eigenvalue weighted by molar-refractivity contribution is -0.0281. The quantitative estimate of drug-likeness (QED) is 0.740. The van der Waals surface area contributed by atoms with Crippen LogP contribution in [0, 0.1) is 5.82 Å². The number of carbonyl (C=O) groups is 1. The van der Waals surface area contributed by atoms with Gasteiger partial charge in [0.15, 0.2) is 5.69 Å². The van der Waals surface area contributed by atoms with Crippen molar-refractivity contribution in [3.8, 4) is 11.3 Å². The number of aromatic nitrogens is 1. The molecule has 1 spiro atoms. The molecule has 0 unspecified atom stereocenters. The molecule has 1 saturated carbocycles. The fraction of sp³-hybridized carbons (Fsp3) is 0.333. The van der Waals surface area contributed by atoms with Crippen molar-refractivity contribution in [3.63, 3.8) is 0 Å². The summed E-state index contributed by atoms with van der Waals surface area (Å²) >= 11 is 0. The monoisotopic (exact) mass is 297 g/mol. The lowest BCUT2D eigenvalue weighted by Crippen LogP contribution is -2.28. The molecule has 1 fully saturated rings. The minimum atomic E-state index is -0.459. The Morgan fingerprint density at radius 2 is 1.73 bits per heavy atom. The number of esters is 1. The van der Waals surface area contributed by atoms with Crippen LogP contribution in [0.25, 0.3) is 11.3 Å². The lowest BCUT2D eigenvalue weighted by Gasteiger charge is -2.32. The molecule has 0 bridgehead atoms. The topological polar surface area (TPSA) is 39.2 Å². The first-order valence-electron chi connectivity index (χ1n) is 7.69. The van der Waals surface area contributed by atoms with Gasteiger partial charge in [-0.3, -0.25) is 0 Å². The standard InChI is InChI=1S/C18H16FNO2/c19-13-6-4-12(5-7-13)15-9-8-14-16(20-15)17(21)22-18(14)10-2-1-3-11-18/h4-9H,1-3,10-11H2. The summed E-state index contributed by atoms with van der Waals surface area (Å²) in [5.41, 5.74) is 2.34. The molecule has 0 saturated heterocycles. The molecule has 0 atom stereocenters. The predicted molar refractivity (Wildman–Crippen MR) is 79.8 cm³/mol. The van der Waals surface area contributed by atoms with E-state index in [1.807, 2.05) is 12.1 Å². The van der Waals surface area contributed by atoms with Crippen LogP contribution in [0.4, 0.5) is 4.39 Å². The molecule has 1 aromatic carbocycles. The Balaban J connectivity index is 1.77. The van der Waals surface area contributed by atoms with Gasteiger partial charge in [-0.15, -0.1) is 0 Å². The van der Waals surface area contributed by atoms with Gasteiger partial charge < -0.3 is 4.74 Å². The van der Waals surface area contributed by atoms with Crippen LogP contribution in [-0.4, -0.2) is 11.0 Å². The maximum Gasteiger partial charge on any atom is 0.358 e. The Kier molecular flexibility index (Phi) is 2.99. The highest BCUT2D eigenvalue weighted by Gasteiger charge is 2.46. The van der Waals surface area contributed by atoms with Crippen LogP contribution >= 0.6 is 0 Å². The van der Waals surface area contributed by atoms with Gasteiger partial charge in [-0.05, 0) is 56.0 Å². The molecule has 2 heterocycles. The molecular weight excluding hydrogens is 281 g/mol. The number of carbonyl (C=O) groups excluding carboxylic acids is 1. The van der Waals surface area contributed by atoms with Crippen LogP contribution in [0.3, 0.4) is 0 Å². The first kappa shape index (κ1) is 13.4. The zero-order chi connectivity index (χ0) is 15.2. The van der Waals surface area contributed by atoms with E-state index >= 15 is 0 Å². The second-order valence-corrected chi connectivity index (χ2v) is 6.04. The smallest absolute Gasteiger partial charge is 0.358 e. The van der Waals surface area contributed by atoms with Crippen molar-refractivity contribution in [2.24, 2.45) is 0 Å². The number of rotatable bonds is 1. The Labute approximate surface area is 128 Å². The summed E-state index contributed by atoms with van der Waals surface area (Å²) in [5.74, 6) is -0.619. The van der Waals surface area contributed by atoms with E-state index in [4.69, 9.17) is 4.74 Å². The van der Waals surface area contributed by atoms with Gasteiger partial charge >= 0.3 is 5.97 Å². The third-order valence-electron chi connectivity index (χ3n) is 4.67. The zero-order valence-electron chi connectivity index (χ0n) is 12.1. The van der Waals surface area contributed by atoms with Crippen LogP contribution in [-0.2, 0) is 10.3 Å². The van der Waals surface area contributed by atoms with E-state index in [0.717, 1.165) is 36.8 Å². The molecule has 0 radical (unpaired) electrons. The van der Waals surface area contributed by atoms with Crippen molar-refractivity contribution in [1.82, 2.24) is 4.98 Å². The van der Waals surface area contributed by atoms with Crippen molar-refractivity contribution in [3.05, 3.63) is 53.5 Å². The van der Waals surface area contributed by atoms with Crippen LogP contribution < -0.4 is 0 Å². The van der Waals surface area contributed by atoms with Crippen LogP contribution in [0.1, 0.15) is 48.2 Å². The highest BCUT2D eigenvalue weighted by atomic mass is 19.1. The normalized spacial score (nSPS) is 19.0. The Bertz CT molecular complexity index is 733. The molecule has 0 N–H and O–H groups in total. The number of hydrogen-bond acceptors (Lipinski definition) is 3. The summed E-state index contributed by atoms with van der Waals surface area (Å²) in [7, 11) is 0. The number of fused-ring (bicyclic) bond motifs is 2. The molecule has 22 heavy (non-hydrogen) atoms. The van der Waals surface area contributed by atoms with Gasteiger partial charge in [0.1, 0.15) is 11.4 Å². The summed E-state index contributed by atoms with van der Waals surface area (Å²) in [6, 6.07) is 9.97. The van der Waals surface area contributed by atoms with E-state index in [1.165, 1.54) is 18.6 Å². The molecule has 2 aliphatic rings. The van der Waals surface area contributed by atoms with E-state index in [9.17, 15) is 9.18 Å². The molecule has 3 nitrogen and oxygen atoms in total. The highest BCUT2D eigenvalue weighted by molar-refractivity contribution is 5.93. The van der Waals surface area contributed by atoms with Crippen molar-refractivity contribution < 1.29 is 13.9 Å². The molecule has 1 aromatic heterocycles. The number of ether oxygens (including phenoxy) is 1. The Morgan fingerprint density at radius 3 is 2.45 bits per heavy atom. The van der Waals surface area contributed by atoms with Gasteiger partial charge in [0.25, 0.3) is 0 Å². The number of hydrogen-bond donors (Lipinski definition) is 0. The maximum atomic E-state index is 13.0. The van der Waals surface area contributed by atoms with E-state index in [0.29, 0.717) is 11.4 Å². The highest BCUT2D eigenvalue weighted by Crippen LogP contribution is 2.46. The van der Waals surface area contributed by atoms with Crippen molar-refractivity contribution >= 4 is 5.97 Å². The molecule has 4 heteroatoms. The van der Waals surface area contributed by atoms with Gasteiger partial charge in [-0.1, -0.05) is 12.5 Å². The third kappa shape index (κ3) is 2.02. The largest absolute Gasteiger partial charge is 0.449 e. The van der Waals surface area contributed by atoms with E-state index in [2.05, 4.69) is 4.98 Å². The Hall–Kier alpha value is -2.23. The molecule has 2 aromatic rings. The van der Waals surface area contributed by atoms with E-state index < -0.39 is 5.60 Å². The minimum absolute atomic E-state index is 0.287. The predicted octanol–water partition coefficient (Wildman–Crippen LogP) is 4.22. The maximum absolute atomic E-state index is 13.0. The van der Waals surface area contributed by atoms with Crippen LogP contribution in [0.2, 0.25) is 0 Å². The molecule has 112 valence electrons. The number of benzene rings is 1. The fourth-order valence-electron chi connectivity index (χ4n) is 3.54. The van der Waals surface area contributed by atoms with E-state index in [1.54, 1.807) is 12.1 Å². The fourth-order valence-corrected chi connectivity index (χ4v) is 3.54. The first-order chi connectivity index (χ1) is 10.7. The van der Waals surface area contributed by atoms with Gasteiger partial charge in [-0.2, -0.15) is 0 Å². The van der Waals surface area contributed by atoms with Gasteiger partial charge in [0.2, 0.25) is 0 Å². The number of nitrogens with zero attached hydrogens (tertiary/aromatic N) is 1. The molecule has 4 rings (SSSR count). The summed E-state index contributed by atoms with van der Waals surface area (Å²) < 4.78 is 18.7. The average Bonchev–Trinajstić information content (AvgIpc) is 2.81. The van der Waals surface area contributed by atoms with Crippen LogP contribution in [0.15, 0.2) is 36.4 Å². The summed E-state index contributed by atoms with van der Waals surface area (Å²) in [6.07, 6.45) is 5.10. The van der Waals surface area contributed by atoms with Gasteiger partial charge in [0.05, 0.1) is 5.69 Å². The third-order valence-corrected chi connectivity index (χ3v) is 4.67. The summed E-state index contributed by atoms with van der Waals surface area (Å²) in [6.45, 7) is 0. The second kappa shape index (κ2) is 4.90. The Morgan fingerprint density at radius 1 is 1.00 bits per heavy atom. The summed E-state index contributed by atoms with van der Waals surface area (Å²) in [5, 5.41) is 0. The van der Waals surface area contributed by atoms with Gasteiger partial charge in [-0.25, -0.2) is 14.2 Å². The second-order valence-electron chi connectivity index (χ2n) is 6.04. The van der Waals surface area contributed by atoms with Crippen LogP contribution in [0.5, 0.6) is 0 Å². The molecule has 0 amide bonds. The zero-order valence-corrected chi connectivity index (χ0v) is 12.1. The van der Waals surface area contributed by atoms with Crippen molar-refractivity contribution in [2.45, 2.75) is 37.7 Å². The summed E-state index contributed by atoms with van der Waals surface area (Å²) in [4.78, 5) is 16.7. The molecular formula is C18H16FNO2. The molecule has 1 aliphatic heterocycles. The lowest BCUT2D eigenvalue weighted by atomic mass is 9.80. The van der Waals surface area contributed by atoms with Crippen molar-refractivity contribution in [1.29, 1.82) is 0 Å². The minimum Gasteiger partial charge on any atom is -0.449 e. The van der Waals surface area contributed by atoms with E-state index in [-0.39, 0.29) is 11.8 Å². The SMILES string of the molecule is O=C1OC2(CCCCC2)c2ccc(-c3ccc(F)cc3)nc21. The number of pyridine rings is 1. The molecule has 1 aliphatic carbocycles. The average molecular weight is 297 g/mol. The first-order valence-corrected chi connectivity index (χ1v) is 7.69. The van der Waals surface area contributed by atoms with Crippen molar-refractivity contribution in [2.75, 3.05) is 0 Å². The number of halogens is 1. The van der Waals surface area contributed by atoms with Gasteiger partial charge in [0, 0.05) is 11.1 Å².